The maximum Gasteiger partial charge on any atom is 0.257 e. The van der Waals surface area contributed by atoms with Crippen LogP contribution in [0.25, 0.3) is 0 Å². The first kappa shape index (κ1) is 22.4. The van der Waals surface area contributed by atoms with Gasteiger partial charge in [-0.25, -0.2) is 0 Å². The number of benzene rings is 2. The molecule has 30 heavy (non-hydrogen) atoms. The number of halogens is 1. The Labute approximate surface area is 191 Å². The van der Waals surface area contributed by atoms with E-state index in [0.29, 0.717) is 16.1 Å². The molecule has 0 unspecified atom stereocenters. The Hall–Kier alpha value is -2.30. The summed E-state index contributed by atoms with van der Waals surface area (Å²) in [5, 5.41) is 13.4. The molecule has 4 nitrogen and oxygen atoms in total. The van der Waals surface area contributed by atoms with E-state index in [-0.39, 0.29) is 18.3 Å². The monoisotopic (exact) mass is 455 g/mol. The zero-order valence-electron chi connectivity index (χ0n) is 16.6. The Kier molecular flexibility index (Phi) is 7.57. The third-order valence-corrected chi connectivity index (χ3v) is 7.00. The fourth-order valence-electron chi connectivity index (χ4n) is 3.64. The van der Waals surface area contributed by atoms with Crippen molar-refractivity contribution in [2.75, 3.05) is 18.1 Å². The van der Waals surface area contributed by atoms with Gasteiger partial charge in [0.05, 0.1) is 11.1 Å². The van der Waals surface area contributed by atoms with E-state index in [0.717, 1.165) is 36.5 Å². The number of nitrogens with one attached hydrogen (secondary N) is 1. The fourth-order valence-corrected chi connectivity index (χ4v) is 5.47. The molecule has 4 rings (SSSR count). The molecule has 0 atom stereocenters. The standard InChI is InChI=1S/C23H21N3OS2.ClH/c1-28-20-10-6-5-9-18(20)22(27)25-23-19(13-24)17-11-12-26(15-21(17)29-23)14-16-7-3-2-4-8-16;/h2-10H,11-12,14-15H2,1H3,(H,25,27);1H. The van der Waals surface area contributed by atoms with Gasteiger partial charge in [0.15, 0.2) is 0 Å². The number of nitriles is 1. The lowest BCUT2D eigenvalue weighted by Crippen LogP contribution is -2.29. The summed E-state index contributed by atoms with van der Waals surface area (Å²) in [6.45, 7) is 2.61. The Morgan fingerprint density at radius 2 is 1.93 bits per heavy atom. The molecule has 1 amide bonds. The maximum absolute atomic E-state index is 12.8. The Morgan fingerprint density at radius 3 is 2.67 bits per heavy atom. The molecule has 0 radical (unpaired) electrons. The molecule has 0 saturated carbocycles. The fraction of sp³-hybridized carbons (Fsp3) is 0.217. The lowest BCUT2D eigenvalue weighted by molar-refractivity contribution is 0.102. The van der Waals surface area contributed by atoms with Gasteiger partial charge in [-0.05, 0) is 35.9 Å². The minimum Gasteiger partial charge on any atom is -0.312 e. The number of carbonyl (C=O) groups is 1. The number of amides is 1. The quantitative estimate of drug-likeness (QED) is 0.510. The molecule has 7 heteroatoms. The third-order valence-electron chi connectivity index (χ3n) is 5.08. The van der Waals surface area contributed by atoms with E-state index >= 15 is 0 Å². The van der Waals surface area contributed by atoms with Gasteiger partial charge in [0.2, 0.25) is 0 Å². The van der Waals surface area contributed by atoms with Crippen molar-refractivity contribution in [2.45, 2.75) is 24.4 Å². The summed E-state index contributed by atoms with van der Waals surface area (Å²) < 4.78 is 0. The summed E-state index contributed by atoms with van der Waals surface area (Å²) in [5.41, 5.74) is 3.64. The normalized spacial score (nSPS) is 13.1. The van der Waals surface area contributed by atoms with Crippen LogP contribution >= 0.6 is 35.5 Å². The van der Waals surface area contributed by atoms with Crippen LogP contribution in [0.2, 0.25) is 0 Å². The van der Waals surface area contributed by atoms with Gasteiger partial charge in [-0.1, -0.05) is 42.5 Å². The molecule has 1 N–H and O–H groups in total. The maximum atomic E-state index is 12.8. The van der Waals surface area contributed by atoms with Crippen molar-refractivity contribution in [3.63, 3.8) is 0 Å². The number of thioether (sulfide) groups is 1. The summed E-state index contributed by atoms with van der Waals surface area (Å²) in [4.78, 5) is 17.3. The smallest absolute Gasteiger partial charge is 0.257 e. The van der Waals surface area contributed by atoms with Crippen LogP contribution in [0.3, 0.4) is 0 Å². The van der Waals surface area contributed by atoms with E-state index in [1.165, 1.54) is 21.8 Å². The van der Waals surface area contributed by atoms with Crippen molar-refractivity contribution < 1.29 is 4.79 Å². The highest BCUT2D eigenvalue weighted by molar-refractivity contribution is 7.98. The molecule has 0 aliphatic carbocycles. The highest BCUT2D eigenvalue weighted by Crippen LogP contribution is 2.37. The lowest BCUT2D eigenvalue weighted by Gasteiger charge is -2.26. The molecule has 154 valence electrons. The first-order chi connectivity index (χ1) is 14.2. The van der Waals surface area contributed by atoms with Gasteiger partial charge < -0.3 is 5.32 Å². The van der Waals surface area contributed by atoms with Gasteiger partial charge >= 0.3 is 0 Å². The van der Waals surface area contributed by atoms with Gasteiger partial charge in [0, 0.05) is 29.4 Å². The van der Waals surface area contributed by atoms with Gasteiger partial charge in [0.1, 0.15) is 11.1 Å². The van der Waals surface area contributed by atoms with Crippen molar-refractivity contribution >= 4 is 46.4 Å². The molecule has 1 aromatic heterocycles. The van der Waals surface area contributed by atoms with Gasteiger partial charge in [-0.15, -0.1) is 35.5 Å². The van der Waals surface area contributed by atoms with Crippen LogP contribution in [0.1, 0.15) is 31.9 Å². The minimum absolute atomic E-state index is 0. The molecular formula is C23H22ClN3OS2. The van der Waals surface area contributed by atoms with E-state index in [9.17, 15) is 10.1 Å². The molecule has 2 aromatic carbocycles. The van der Waals surface area contributed by atoms with E-state index in [4.69, 9.17) is 0 Å². The second-order valence-corrected chi connectivity index (χ2v) is 8.87. The molecule has 2 heterocycles. The summed E-state index contributed by atoms with van der Waals surface area (Å²) in [6, 6.07) is 20.3. The van der Waals surface area contributed by atoms with Gasteiger partial charge in [-0.2, -0.15) is 5.26 Å². The molecule has 0 fully saturated rings. The summed E-state index contributed by atoms with van der Waals surface area (Å²) in [6.07, 6.45) is 2.79. The average molecular weight is 456 g/mol. The minimum atomic E-state index is -0.161. The number of rotatable bonds is 5. The molecule has 0 spiro atoms. The van der Waals surface area contributed by atoms with Crippen LogP contribution in [-0.2, 0) is 19.5 Å². The van der Waals surface area contributed by atoms with Crippen molar-refractivity contribution in [3.8, 4) is 6.07 Å². The van der Waals surface area contributed by atoms with E-state index in [1.54, 1.807) is 11.8 Å². The topological polar surface area (TPSA) is 56.1 Å². The Balaban J connectivity index is 0.00000256. The summed E-state index contributed by atoms with van der Waals surface area (Å²) >= 11 is 3.08. The van der Waals surface area contributed by atoms with Crippen LogP contribution in [0.5, 0.6) is 0 Å². The molecule has 0 bridgehead atoms. The second-order valence-electron chi connectivity index (χ2n) is 6.92. The number of nitrogens with zero attached hydrogens (tertiary/aromatic N) is 2. The molecule has 0 saturated heterocycles. The molecule has 1 aliphatic heterocycles. The predicted octanol–water partition coefficient (Wildman–Crippen LogP) is 5.57. The van der Waals surface area contributed by atoms with E-state index < -0.39 is 0 Å². The summed E-state index contributed by atoms with van der Waals surface area (Å²) in [5.74, 6) is -0.161. The number of carbonyl (C=O) groups excluding carboxylic acids is 1. The lowest BCUT2D eigenvalue weighted by atomic mass is 10.0. The number of thiophene rings is 1. The first-order valence-corrected chi connectivity index (χ1v) is 11.5. The SMILES string of the molecule is CSc1ccccc1C(=O)Nc1sc2c(c1C#N)CCN(Cc1ccccc1)C2.Cl. The van der Waals surface area contributed by atoms with Crippen molar-refractivity contribution in [3.05, 3.63) is 81.7 Å². The number of anilines is 1. The van der Waals surface area contributed by atoms with Crippen molar-refractivity contribution in [1.82, 2.24) is 4.90 Å². The molecule has 1 aliphatic rings. The van der Waals surface area contributed by atoms with Crippen LogP contribution in [0.4, 0.5) is 5.00 Å². The summed E-state index contributed by atoms with van der Waals surface area (Å²) in [7, 11) is 0. The van der Waals surface area contributed by atoms with Crippen LogP contribution in [0.15, 0.2) is 59.5 Å². The Morgan fingerprint density at radius 1 is 1.20 bits per heavy atom. The zero-order valence-corrected chi connectivity index (χ0v) is 19.0. The number of hydrogen-bond acceptors (Lipinski definition) is 5. The van der Waals surface area contributed by atoms with Gasteiger partial charge in [0.25, 0.3) is 5.91 Å². The van der Waals surface area contributed by atoms with Crippen molar-refractivity contribution in [1.29, 1.82) is 5.26 Å². The van der Waals surface area contributed by atoms with Crippen LogP contribution in [0, 0.1) is 11.3 Å². The number of hydrogen-bond donors (Lipinski definition) is 1. The van der Waals surface area contributed by atoms with Crippen LogP contribution < -0.4 is 5.32 Å². The first-order valence-electron chi connectivity index (χ1n) is 9.45. The van der Waals surface area contributed by atoms with Gasteiger partial charge in [-0.3, -0.25) is 9.69 Å². The van der Waals surface area contributed by atoms with Crippen LogP contribution in [-0.4, -0.2) is 23.6 Å². The van der Waals surface area contributed by atoms with Crippen molar-refractivity contribution in [2.24, 2.45) is 0 Å². The molecule has 3 aromatic rings. The zero-order chi connectivity index (χ0) is 20.2. The average Bonchev–Trinajstić information content (AvgIpc) is 3.10. The second kappa shape index (κ2) is 10.1. The highest BCUT2D eigenvalue weighted by atomic mass is 35.5. The largest absolute Gasteiger partial charge is 0.312 e. The predicted molar refractivity (Wildman–Crippen MR) is 127 cm³/mol. The third kappa shape index (κ3) is 4.71. The Bertz CT molecular complexity index is 1080. The number of fused-ring (bicyclic) bond motifs is 1. The highest BCUT2D eigenvalue weighted by Gasteiger charge is 2.25. The van der Waals surface area contributed by atoms with E-state index in [1.807, 2.05) is 36.6 Å². The molecular weight excluding hydrogens is 434 g/mol. The van der Waals surface area contributed by atoms with E-state index in [2.05, 4.69) is 40.6 Å².